The van der Waals surface area contributed by atoms with Gasteiger partial charge in [-0.2, -0.15) is 0 Å². The van der Waals surface area contributed by atoms with Crippen molar-refractivity contribution in [3.63, 3.8) is 0 Å². The standard InChI is InChI=1S/C14H20ClN3O4S/c1-14(2,3)22-13(19)18-6-4-5-10(8-18)23(20,21)12-7-11(15)16-9-17-12/h7,9-10H,4-6,8H2,1-3H3/t10-/m0/s1. The molecule has 2 rings (SSSR count). The molecule has 1 aliphatic rings. The second kappa shape index (κ2) is 6.60. The van der Waals surface area contributed by atoms with E-state index in [4.69, 9.17) is 16.3 Å². The maximum absolute atomic E-state index is 12.7. The van der Waals surface area contributed by atoms with Gasteiger partial charge < -0.3 is 9.64 Å². The average Bonchev–Trinajstić information content (AvgIpc) is 2.45. The zero-order valence-corrected chi connectivity index (χ0v) is 14.9. The molecular weight excluding hydrogens is 342 g/mol. The van der Waals surface area contributed by atoms with Gasteiger partial charge in [0.1, 0.15) is 17.1 Å². The van der Waals surface area contributed by atoms with E-state index < -0.39 is 26.8 Å². The monoisotopic (exact) mass is 361 g/mol. The third-order valence-electron chi connectivity index (χ3n) is 3.37. The Morgan fingerprint density at radius 2 is 2.09 bits per heavy atom. The van der Waals surface area contributed by atoms with E-state index in [-0.39, 0.29) is 16.7 Å². The van der Waals surface area contributed by atoms with Gasteiger partial charge in [0.05, 0.1) is 5.25 Å². The molecule has 0 aromatic carbocycles. The summed E-state index contributed by atoms with van der Waals surface area (Å²) in [5.74, 6) is 0. The van der Waals surface area contributed by atoms with Crippen LogP contribution in [0.4, 0.5) is 4.79 Å². The van der Waals surface area contributed by atoms with Gasteiger partial charge in [-0.15, -0.1) is 0 Å². The first-order valence-electron chi connectivity index (χ1n) is 7.29. The van der Waals surface area contributed by atoms with Gasteiger partial charge in [0.2, 0.25) is 0 Å². The Morgan fingerprint density at radius 1 is 1.39 bits per heavy atom. The molecule has 1 aromatic rings. The molecular formula is C14H20ClN3O4S. The number of amides is 1. The van der Waals surface area contributed by atoms with Crippen molar-refractivity contribution in [2.24, 2.45) is 0 Å². The summed E-state index contributed by atoms with van der Waals surface area (Å²) in [5.41, 5.74) is -0.622. The van der Waals surface area contributed by atoms with Crippen LogP contribution in [0.1, 0.15) is 33.6 Å². The van der Waals surface area contributed by atoms with E-state index in [2.05, 4.69) is 9.97 Å². The highest BCUT2D eigenvalue weighted by Gasteiger charge is 2.36. The van der Waals surface area contributed by atoms with Gasteiger partial charge in [0.25, 0.3) is 0 Å². The fourth-order valence-corrected chi connectivity index (χ4v) is 4.20. The van der Waals surface area contributed by atoms with Crippen molar-refractivity contribution in [1.82, 2.24) is 14.9 Å². The highest BCUT2D eigenvalue weighted by Crippen LogP contribution is 2.24. The average molecular weight is 362 g/mol. The molecule has 0 bridgehead atoms. The molecule has 1 aliphatic heterocycles. The van der Waals surface area contributed by atoms with Crippen LogP contribution in [0.5, 0.6) is 0 Å². The van der Waals surface area contributed by atoms with E-state index in [0.717, 1.165) is 6.33 Å². The number of halogens is 1. The fourth-order valence-electron chi connectivity index (χ4n) is 2.33. The Morgan fingerprint density at radius 3 is 2.70 bits per heavy atom. The summed E-state index contributed by atoms with van der Waals surface area (Å²) in [6.45, 7) is 5.87. The Bertz CT molecular complexity index is 688. The molecule has 0 aliphatic carbocycles. The molecule has 1 saturated heterocycles. The van der Waals surface area contributed by atoms with Gasteiger partial charge in [0.15, 0.2) is 14.9 Å². The van der Waals surface area contributed by atoms with Crippen LogP contribution in [-0.2, 0) is 14.6 Å². The minimum absolute atomic E-state index is 0.0679. The lowest BCUT2D eigenvalue weighted by atomic mass is 10.1. The second-order valence-electron chi connectivity index (χ2n) is 6.41. The molecule has 1 amide bonds. The Kier molecular flexibility index (Phi) is 5.15. The number of piperidine rings is 1. The molecule has 1 fully saturated rings. The zero-order chi connectivity index (χ0) is 17.3. The lowest BCUT2D eigenvalue weighted by molar-refractivity contribution is 0.0219. The smallest absolute Gasteiger partial charge is 0.410 e. The summed E-state index contributed by atoms with van der Waals surface area (Å²) in [6, 6.07) is 1.23. The molecule has 0 unspecified atom stereocenters. The predicted molar refractivity (Wildman–Crippen MR) is 85.1 cm³/mol. The summed E-state index contributed by atoms with van der Waals surface area (Å²) >= 11 is 5.74. The van der Waals surface area contributed by atoms with E-state index in [1.807, 2.05) is 0 Å². The first kappa shape index (κ1) is 17.9. The second-order valence-corrected chi connectivity index (χ2v) is 8.98. The van der Waals surface area contributed by atoms with Gasteiger partial charge in [-0.1, -0.05) is 11.6 Å². The van der Waals surface area contributed by atoms with Crippen LogP contribution in [0, 0.1) is 0 Å². The van der Waals surface area contributed by atoms with E-state index in [9.17, 15) is 13.2 Å². The highest BCUT2D eigenvalue weighted by molar-refractivity contribution is 7.92. The summed E-state index contributed by atoms with van der Waals surface area (Å²) in [6.07, 6.45) is 1.66. The molecule has 1 atom stereocenters. The van der Waals surface area contributed by atoms with Crippen molar-refractivity contribution < 1.29 is 17.9 Å². The largest absolute Gasteiger partial charge is 0.444 e. The molecule has 128 valence electrons. The minimum atomic E-state index is -3.68. The van der Waals surface area contributed by atoms with Gasteiger partial charge >= 0.3 is 6.09 Å². The maximum atomic E-state index is 12.7. The first-order valence-corrected chi connectivity index (χ1v) is 9.21. The van der Waals surface area contributed by atoms with Crippen LogP contribution in [0.25, 0.3) is 0 Å². The Balaban J connectivity index is 2.16. The highest BCUT2D eigenvalue weighted by atomic mass is 35.5. The molecule has 1 aromatic heterocycles. The summed E-state index contributed by atoms with van der Waals surface area (Å²) in [7, 11) is -3.68. The van der Waals surface area contributed by atoms with Crippen molar-refractivity contribution in [2.45, 2.75) is 49.5 Å². The fraction of sp³-hybridized carbons (Fsp3) is 0.643. The number of nitrogens with zero attached hydrogens (tertiary/aromatic N) is 3. The lowest BCUT2D eigenvalue weighted by Gasteiger charge is -2.33. The van der Waals surface area contributed by atoms with Gasteiger partial charge in [-0.25, -0.2) is 23.2 Å². The lowest BCUT2D eigenvalue weighted by Crippen LogP contribution is -2.47. The third kappa shape index (κ3) is 4.54. The van der Waals surface area contributed by atoms with E-state index in [1.165, 1.54) is 11.0 Å². The Labute approximate surface area is 140 Å². The zero-order valence-electron chi connectivity index (χ0n) is 13.3. The number of carbonyl (C=O) groups is 1. The summed E-state index contributed by atoms with van der Waals surface area (Å²) in [4.78, 5) is 21.1. The molecule has 23 heavy (non-hydrogen) atoms. The topological polar surface area (TPSA) is 89.5 Å². The van der Waals surface area contributed by atoms with Crippen molar-refractivity contribution in [3.8, 4) is 0 Å². The SMILES string of the molecule is CC(C)(C)OC(=O)N1CCC[C@H](S(=O)(=O)c2cc(Cl)ncn2)C1. The molecule has 2 heterocycles. The molecule has 0 N–H and O–H groups in total. The van der Waals surface area contributed by atoms with Gasteiger partial charge in [-0.3, -0.25) is 0 Å². The number of aromatic nitrogens is 2. The normalized spacial score (nSPS) is 19.5. The van der Waals surface area contributed by atoms with Crippen LogP contribution in [-0.4, -0.2) is 53.3 Å². The summed E-state index contributed by atoms with van der Waals surface area (Å²) < 4.78 is 30.6. The van der Waals surface area contributed by atoms with Crippen molar-refractivity contribution >= 4 is 27.5 Å². The van der Waals surface area contributed by atoms with Gasteiger partial charge in [0, 0.05) is 19.2 Å². The van der Waals surface area contributed by atoms with E-state index in [1.54, 1.807) is 20.8 Å². The molecule has 0 radical (unpaired) electrons. The van der Waals surface area contributed by atoms with E-state index >= 15 is 0 Å². The van der Waals surface area contributed by atoms with Crippen LogP contribution >= 0.6 is 11.6 Å². The van der Waals surface area contributed by atoms with Crippen LogP contribution < -0.4 is 0 Å². The maximum Gasteiger partial charge on any atom is 0.410 e. The minimum Gasteiger partial charge on any atom is -0.444 e. The number of ether oxygens (including phenoxy) is 1. The first-order chi connectivity index (χ1) is 10.6. The van der Waals surface area contributed by atoms with Gasteiger partial charge in [-0.05, 0) is 33.6 Å². The third-order valence-corrected chi connectivity index (χ3v) is 5.64. The quantitative estimate of drug-likeness (QED) is 0.751. The van der Waals surface area contributed by atoms with Crippen LogP contribution in [0.2, 0.25) is 5.15 Å². The number of carbonyl (C=O) groups excluding carboxylic acids is 1. The van der Waals surface area contributed by atoms with Crippen molar-refractivity contribution in [2.75, 3.05) is 13.1 Å². The van der Waals surface area contributed by atoms with Crippen molar-refractivity contribution in [3.05, 3.63) is 17.5 Å². The number of likely N-dealkylation sites (tertiary alicyclic amines) is 1. The number of hydrogen-bond donors (Lipinski definition) is 0. The number of sulfone groups is 1. The Hall–Kier alpha value is -1.41. The number of hydrogen-bond acceptors (Lipinski definition) is 6. The number of rotatable bonds is 2. The van der Waals surface area contributed by atoms with E-state index in [0.29, 0.717) is 19.4 Å². The molecule has 0 spiro atoms. The molecule has 7 nitrogen and oxygen atoms in total. The van der Waals surface area contributed by atoms with Crippen LogP contribution in [0.15, 0.2) is 17.4 Å². The predicted octanol–water partition coefficient (Wildman–Crippen LogP) is 2.30. The summed E-state index contributed by atoms with van der Waals surface area (Å²) in [5, 5.41) is -0.776. The van der Waals surface area contributed by atoms with Crippen molar-refractivity contribution in [1.29, 1.82) is 0 Å². The molecule has 0 saturated carbocycles. The molecule has 9 heteroatoms. The van der Waals surface area contributed by atoms with Crippen LogP contribution in [0.3, 0.4) is 0 Å².